The van der Waals surface area contributed by atoms with Crippen LogP contribution in [0.3, 0.4) is 0 Å². The summed E-state index contributed by atoms with van der Waals surface area (Å²) in [4.78, 5) is 0. The molecule has 1 fully saturated rings. The van der Waals surface area contributed by atoms with Crippen LogP contribution in [0.4, 0.5) is 0 Å². The van der Waals surface area contributed by atoms with Gasteiger partial charge in [-0.1, -0.05) is 49.6 Å². The second kappa shape index (κ2) is 7.28. The van der Waals surface area contributed by atoms with Gasteiger partial charge in [0.25, 0.3) is 0 Å². The van der Waals surface area contributed by atoms with Gasteiger partial charge in [-0.05, 0) is 31.2 Å². The molecular formula is C16H24ClNO. The van der Waals surface area contributed by atoms with Crippen molar-refractivity contribution in [3.8, 4) is 0 Å². The Morgan fingerprint density at radius 2 is 2.00 bits per heavy atom. The van der Waals surface area contributed by atoms with E-state index >= 15 is 0 Å². The predicted octanol–water partition coefficient (Wildman–Crippen LogP) is 4.33. The molecule has 2 atom stereocenters. The lowest BCUT2D eigenvalue weighted by molar-refractivity contribution is 0.0127. The first-order valence-corrected chi connectivity index (χ1v) is 7.71. The van der Waals surface area contributed by atoms with Crippen LogP contribution in [0.1, 0.15) is 50.7 Å². The number of rotatable bonds is 6. The maximum absolute atomic E-state index is 6.28. The van der Waals surface area contributed by atoms with Crippen LogP contribution in [-0.4, -0.2) is 12.6 Å². The Balaban J connectivity index is 2.05. The molecule has 0 bridgehead atoms. The molecule has 1 aromatic carbocycles. The first-order valence-electron chi connectivity index (χ1n) is 7.34. The third-order valence-corrected chi connectivity index (χ3v) is 4.40. The predicted molar refractivity (Wildman–Crippen MR) is 80.4 cm³/mol. The molecule has 0 amide bonds. The van der Waals surface area contributed by atoms with Gasteiger partial charge in [-0.15, -0.1) is 0 Å². The van der Waals surface area contributed by atoms with Crippen molar-refractivity contribution in [1.29, 1.82) is 0 Å². The summed E-state index contributed by atoms with van der Waals surface area (Å²) in [6.07, 6.45) is 6.06. The van der Waals surface area contributed by atoms with Crippen LogP contribution >= 0.6 is 11.6 Å². The lowest BCUT2D eigenvalue weighted by atomic mass is 10.0. The molecule has 0 spiro atoms. The van der Waals surface area contributed by atoms with E-state index in [1.807, 2.05) is 24.3 Å². The molecule has 0 aliphatic heterocycles. The highest BCUT2D eigenvalue weighted by Crippen LogP contribution is 2.31. The topological polar surface area (TPSA) is 35.2 Å². The highest BCUT2D eigenvalue weighted by Gasteiger charge is 2.24. The second-order valence-corrected chi connectivity index (χ2v) is 5.91. The van der Waals surface area contributed by atoms with E-state index in [9.17, 15) is 0 Å². The quantitative estimate of drug-likeness (QED) is 0.842. The number of halogens is 1. The average molecular weight is 282 g/mol. The van der Waals surface area contributed by atoms with Gasteiger partial charge in [0, 0.05) is 16.6 Å². The Hall–Kier alpha value is -0.570. The Labute approximate surface area is 121 Å². The van der Waals surface area contributed by atoms with Crippen LogP contribution in [0.25, 0.3) is 0 Å². The molecule has 0 radical (unpaired) electrons. The van der Waals surface area contributed by atoms with Crippen LogP contribution in [0.15, 0.2) is 24.3 Å². The molecule has 1 aromatic rings. The molecular weight excluding hydrogens is 258 g/mol. The molecule has 2 unspecified atom stereocenters. The minimum absolute atomic E-state index is 0.00121. The minimum Gasteiger partial charge on any atom is -0.372 e. The van der Waals surface area contributed by atoms with Crippen LogP contribution in [-0.2, 0) is 4.74 Å². The van der Waals surface area contributed by atoms with Crippen molar-refractivity contribution in [3.63, 3.8) is 0 Å². The zero-order valence-electron chi connectivity index (χ0n) is 11.6. The van der Waals surface area contributed by atoms with E-state index in [2.05, 4.69) is 6.92 Å². The number of benzene rings is 1. The van der Waals surface area contributed by atoms with Gasteiger partial charge in [-0.2, -0.15) is 0 Å². The van der Waals surface area contributed by atoms with Gasteiger partial charge in [0.05, 0.1) is 12.7 Å². The zero-order valence-corrected chi connectivity index (χ0v) is 12.4. The summed E-state index contributed by atoms with van der Waals surface area (Å²) < 4.78 is 6.14. The largest absolute Gasteiger partial charge is 0.372 e. The van der Waals surface area contributed by atoms with Gasteiger partial charge in [-0.25, -0.2) is 0 Å². The first kappa shape index (κ1) is 14.8. The molecule has 1 aliphatic carbocycles. The Bertz CT molecular complexity index is 390. The molecule has 0 heterocycles. The summed E-state index contributed by atoms with van der Waals surface area (Å²) in [5.41, 5.74) is 7.24. The van der Waals surface area contributed by atoms with Gasteiger partial charge >= 0.3 is 0 Å². The lowest BCUT2D eigenvalue weighted by Crippen LogP contribution is -2.30. The standard InChI is InChI=1S/C16H24ClNO/c1-2-15(18)16(13-9-5-6-10-14(13)17)19-11-12-7-3-4-8-12/h5-6,9-10,12,15-16H,2-4,7-8,11,18H2,1H3. The maximum Gasteiger partial charge on any atom is 0.0990 e. The molecule has 106 valence electrons. The summed E-state index contributed by atoms with van der Waals surface area (Å²) in [5, 5.41) is 0.753. The zero-order chi connectivity index (χ0) is 13.7. The first-order chi connectivity index (χ1) is 9.22. The number of hydrogen-bond donors (Lipinski definition) is 1. The molecule has 2 N–H and O–H groups in total. The summed E-state index contributed by atoms with van der Waals surface area (Å²) in [5.74, 6) is 0.703. The van der Waals surface area contributed by atoms with Crippen molar-refractivity contribution in [2.75, 3.05) is 6.61 Å². The van der Waals surface area contributed by atoms with Crippen LogP contribution in [0, 0.1) is 5.92 Å². The fraction of sp³-hybridized carbons (Fsp3) is 0.625. The molecule has 19 heavy (non-hydrogen) atoms. The Kier molecular flexibility index (Phi) is 5.68. The third kappa shape index (κ3) is 3.95. The van der Waals surface area contributed by atoms with Gasteiger partial charge in [-0.3, -0.25) is 0 Å². The van der Waals surface area contributed by atoms with E-state index in [-0.39, 0.29) is 12.1 Å². The summed E-state index contributed by atoms with van der Waals surface area (Å²) in [6, 6.07) is 7.87. The van der Waals surface area contributed by atoms with E-state index < -0.39 is 0 Å². The SMILES string of the molecule is CCC(N)C(OCC1CCCC1)c1ccccc1Cl. The highest BCUT2D eigenvalue weighted by atomic mass is 35.5. The van der Waals surface area contributed by atoms with Crippen molar-refractivity contribution in [2.24, 2.45) is 11.7 Å². The van der Waals surface area contributed by atoms with Crippen LogP contribution in [0.5, 0.6) is 0 Å². The Morgan fingerprint density at radius 1 is 1.32 bits per heavy atom. The van der Waals surface area contributed by atoms with E-state index in [0.717, 1.165) is 23.6 Å². The molecule has 1 saturated carbocycles. The van der Waals surface area contributed by atoms with Crippen LogP contribution in [0.2, 0.25) is 5.02 Å². The van der Waals surface area contributed by atoms with Crippen LogP contribution < -0.4 is 5.73 Å². The number of ether oxygens (including phenoxy) is 1. The molecule has 2 nitrogen and oxygen atoms in total. The molecule has 0 saturated heterocycles. The summed E-state index contributed by atoms with van der Waals surface area (Å²) in [6.45, 7) is 2.90. The molecule has 2 rings (SSSR count). The maximum atomic E-state index is 6.28. The van der Waals surface area contributed by atoms with E-state index in [1.54, 1.807) is 0 Å². The van der Waals surface area contributed by atoms with E-state index in [0.29, 0.717) is 5.92 Å². The smallest absolute Gasteiger partial charge is 0.0990 e. The van der Waals surface area contributed by atoms with E-state index in [1.165, 1.54) is 25.7 Å². The van der Waals surface area contributed by atoms with Gasteiger partial charge in [0.1, 0.15) is 0 Å². The average Bonchev–Trinajstić information content (AvgIpc) is 2.93. The second-order valence-electron chi connectivity index (χ2n) is 5.50. The highest BCUT2D eigenvalue weighted by molar-refractivity contribution is 6.31. The fourth-order valence-corrected chi connectivity index (χ4v) is 3.02. The van der Waals surface area contributed by atoms with Crippen molar-refractivity contribution in [1.82, 2.24) is 0 Å². The van der Waals surface area contributed by atoms with Crippen molar-refractivity contribution in [3.05, 3.63) is 34.9 Å². The fourth-order valence-electron chi connectivity index (χ4n) is 2.78. The monoisotopic (exact) mass is 281 g/mol. The number of hydrogen-bond acceptors (Lipinski definition) is 2. The normalized spacial score (nSPS) is 19.5. The Morgan fingerprint density at radius 3 is 2.63 bits per heavy atom. The summed E-state index contributed by atoms with van der Waals surface area (Å²) >= 11 is 6.28. The molecule has 0 aromatic heterocycles. The lowest BCUT2D eigenvalue weighted by Gasteiger charge is -2.26. The van der Waals surface area contributed by atoms with Crippen molar-refractivity contribution in [2.45, 2.75) is 51.2 Å². The van der Waals surface area contributed by atoms with Crippen molar-refractivity contribution >= 4 is 11.6 Å². The van der Waals surface area contributed by atoms with Crippen molar-refractivity contribution < 1.29 is 4.74 Å². The minimum atomic E-state index is -0.0840. The number of nitrogens with two attached hydrogens (primary N) is 1. The van der Waals surface area contributed by atoms with Gasteiger partial charge in [0.15, 0.2) is 0 Å². The molecule has 1 aliphatic rings. The third-order valence-electron chi connectivity index (χ3n) is 4.06. The summed E-state index contributed by atoms with van der Waals surface area (Å²) in [7, 11) is 0. The van der Waals surface area contributed by atoms with Gasteiger partial charge in [0.2, 0.25) is 0 Å². The van der Waals surface area contributed by atoms with E-state index in [4.69, 9.17) is 22.1 Å². The van der Waals surface area contributed by atoms with Gasteiger partial charge < -0.3 is 10.5 Å². The molecule has 3 heteroatoms.